The van der Waals surface area contributed by atoms with Gasteiger partial charge >= 0.3 is 0 Å². The number of hydrogen-bond acceptors (Lipinski definition) is 3. The van der Waals surface area contributed by atoms with Gasteiger partial charge in [-0.3, -0.25) is 9.69 Å². The van der Waals surface area contributed by atoms with Gasteiger partial charge in [-0.15, -0.1) is 0 Å². The molecule has 0 aromatic carbocycles. The molecule has 1 N–H and O–H groups in total. The molecule has 108 valence electrons. The summed E-state index contributed by atoms with van der Waals surface area (Å²) in [5.74, 6) is 1.06. The van der Waals surface area contributed by atoms with Gasteiger partial charge in [-0.2, -0.15) is 0 Å². The van der Waals surface area contributed by atoms with E-state index in [0.29, 0.717) is 12.6 Å². The van der Waals surface area contributed by atoms with Crippen LogP contribution in [0.15, 0.2) is 0 Å². The number of nitrogens with zero attached hydrogens (tertiary/aromatic N) is 1. The number of aldehydes is 1. The van der Waals surface area contributed by atoms with E-state index in [4.69, 9.17) is 0 Å². The summed E-state index contributed by atoms with van der Waals surface area (Å²) in [6.45, 7) is 4.43. The highest BCUT2D eigenvalue weighted by molar-refractivity contribution is 5.78. The maximum Gasteiger partial charge on any atom is 0.234 e. The third-order valence-corrected chi connectivity index (χ3v) is 4.48. The molecule has 1 atom stereocenters. The monoisotopic (exact) mass is 266 g/mol. The molecule has 1 heterocycles. The third kappa shape index (κ3) is 4.60. The quantitative estimate of drug-likeness (QED) is 0.786. The van der Waals surface area contributed by atoms with Crippen molar-refractivity contribution in [2.45, 2.75) is 51.5 Å². The van der Waals surface area contributed by atoms with E-state index in [1.165, 1.54) is 12.8 Å². The summed E-state index contributed by atoms with van der Waals surface area (Å²) in [4.78, 5) is 24.9. The van der Waals surface area contributed by atoms with Crippen molar-refractivity contribution in [1.29, 1.82) is 0 Å². The molecule has 4 heteroatoms. The van der Waals surface area contributed by atoms with Crippen molar-refractivity contribution >= 4 is 12.2 Å². The third-order valence-electron chi connectivity index (χ3n) is 4.48. The van der Waals surface area contributed by atoms with Gasteiger partial charge in [0.15, 0.2) is 0 Å². The fourth-order valence-electron chi connectivity index (χ4n) is 3.23. The van der Waals surface area contributed by atoms with Crippen LogP contribution < -0.4 is 5.32 Å². The van der Waals surface area contributed by atoms with Gasteiger partial charge < -0.3 is 10.1 Å². The lowest BCUT2D eigenvalue weighted by Crippen LogP contribution is -2.46. The van der Waals surface area contributed by atoms with Crippen LogP contribution in [0.1, 0.15) is 45.4 Å². The fourth-order valence-corrected chi connectivity index (χ4v) is 3.23. The normalized spacial score (nSPS) is 32.8. The molecule has 0 aromatic heterocycles. The van der Waals surface area contributed by atoms with Crippen molar-refractivity contribution in [3.05, 3.63) is 0 Å². The molecule has 1 aliphatic carbocycles. The second-order valence-corrected chi connectivity index (χ2v) is 6.30. The van der Waals surface area contributed by atoms with Crippen LogP contribution >= 0.6 is 0 Å². The molecule has 1 amide bonds. The second kappa shape index (κ2) is 7.04. The topological polar surface area (TPSA) is 49.4 Å². The van der Waals surface area contributed by atoms with Gasteiger partial charge in [-0.05, 0) is 51.0 Å². The first kappa shape index (κ1) is 14.5. The number of likely N-dealkylation sites (tertiary alicyclic amines) is 1. The summed E-state index contributed by atoms with van der Waals surface area (Å²) in [5.41, 5.74) is 0. The molecule has 0 bridgehead atoms. The Labute approximate surface area is 115 Å². The molecule has 2 fully saturated rings. The Bertz CT molecular complexity index is 311. The van der Waals surface area contributed by atoms with E-state index in [0.717, 1.165) is 51.0 Å². The predicted molar refractivity (Wildman–Crippen MR) is 74.8 cm³/mol. The zero-order chi connectivity index (χ0) is 13.7. The molecular formula is C15H26N2O2. The number of nitrogens with one attached hydrogen (secondary N) is 1. The zero-order valence-corrected chi connectivity index (χ0v) is 11.9. The fraction of sp³-hybridized carbons (Fsp3) is 0.867. The number of piperidine rings is 1. The average molecular weight is 266 g/mol. The molecular weight excluding hydrogens is 240 g/mol. The lowest BCUT2D eigenvalue weighted by molar-refractivity contribution is -0.124. The Morgan fingerprint density at radius 1 is 1.26 bits per heavy atom. The molecule has 4 nitrogen and oxygen atoms in total. The number of carbonyl (C=O) groups is 2. The van der Waals surface area contributed by atoms with Crippen molar-refractivity contribution < 1.29 is 9.59 Å². The van der Waals surface area contributed by atoms with Crippen LogP contribution in [0.5, 0.6) is 0 Å². The van der Waals surface area contributed by atoms with Crippen LogP contribution in [0.25, 0.3) is 0 Å². The van der Waals surface area contributed by atoms with E-state index in [2.05, 4.69) is 17.1 Å². The first-order valence-electron chi connectivity index (χ1n) is 7.64. The SMILES string of the molecule is CC1CCC(NC(=O)CN2CCCC(C=O)C2)CC1. The number of rotatable bonds is 4. The summed E-state index contributed by atoms with van der Waals surface area (Å²) in [6.07, 6.45) is 7.71. The maximum absolute atomic E-state index is 12.0. The standard InChI is InChI=1S/C15H26N2O2/c1-12-4-6-14(7-5-12)16-15(19)10-17-8-2-3-13(9-17)11-18/h11-14H,2-10H2,1H3,(H,16,19). The minimum atomic E-state index is 0.122. The van der Waals surface area contributed by atoms with Crippen LogP contribution in [0.2, 0.25) is 0 Å². The summed E-state index contributed by atoms with van der Waals surface area (Å²) in [6, 6.07) is 0.371. The maximum atomic E-state index is 12.0. The highest BCUT2D eigenvalue weighted by atomic mass is 16.2. The Morgan fingerprint density at radius 3 is 2.68 bits per heavy atom. The highest BCUT2D eigenvalue weighted by Gasteiger charge is 2.23. The molecule has 2 rings (SSSR count). The van der Waals surface area contributed by atoms with Crippen molar-refractivity contribution in [2.75, 3.05) is 19.6 Å². The van der Waals surface area contributed by atoms with Crippen LogP contribution in [0.4, 0.5) is 0 Å². The molecule has 0 radical (unpaired) electrons. The Morgan fingerprint density at radius 2 is 2.00 bits per heavy atom. The van der Waals surface area contributed by atoms with Gasteiger partial charge in [0.25, 0.3) is 0 Å². The van der Waals surface area contributed by atoms with Crippen molar-refractivity contribution in [1.82, 2.24) is 10.2 Å². The number of carbonyl (C=O) groups excluding carboxylic acids is 2. The minimum Gasteiger partial charge on any atom is -0.352 e. The highest BCUT2D eigenvalue weighted by Crippen LogP contribution is 2.23. The first-order chi connectivity index (χ1) is 9.17. The van der Waals surface area contributed by atoms with Gasteiger partial charge in [0.2, 0.25) is 5.91 Å². The largest absolute Gasteiger partial charge is 0.352 e. The molecule has 0 aromatic rings. The minimum absolute atomic E-state index is 0.122. The van der Waals surface area contributed by atoms with E-state index in [9.17, 15) is 9.59 Å². The summed E-state index contributed by atoms with van der Waals surface area (Å²) < 4.78 is 0. The van der Waals surface area contributed by atoms with Crippen molar-refractivity contribution in [3.8, 4) is 0 Å². The van der Waals surface area contributed by atoms with E-state index >= 15 is 0 Å². The Balaban J connectivity index is 1.70. The van der Waals surface area contributed by atoms with E-state index in [1.54, 1.807) is 0 Å². The molecule has 1 aliphatic heterocycles. The smallest absolute Gasteiger partial charge is 0.234 e. The molecule has 19 heavy (non-hydrogen) atoms. The van der Waals surface area contributed by atoms with Gasteiger partial charge in [0, 0.05) is 18.5 Å². The van der Waals surface area contributed by atoms with Crippen LogP contribution in [-0.2, 0) is 9.59 Å². The zero-order valence-electron chi connectivity index (χ0n) is 11.9. The van der Waals surface area contributed by atoms with Gasteiger partial charge in [0.05, 0.1) is 6.54 Å². The first-order valence-corrected chi connectivity index (χ1v) is 7.64. The van der Waals surface area contributed by atoms with Gasteiger partial charge in [-0.1, -0.05) is 6.92 Å². The van der Waals surface area contributed by atoms with E-state index in [-0.39, 0.29) is 11.8 Å². The van der Waals surface area contributed by atoms with Crippen molar-refractivity contribution in [2.24, 2.45) is 11.8 Å². The summed E-state index contributed by atoms with van der Waals surface area (Å²) in [5, 5.41) is 3.15. The molecule has 0 spiro atoms. The van der Waals surface area contributed by atoms with Gasteiger partial charge in [0.1, 0.15) is 6.29 Å². The van der Waals surface area contributed by atoms with Crippen molar-refractivity contribution in [3.63, 3.8) is 0 Å². The number of hydrogen-bond donors (Lipinski definition) is 1. The van der Waals surface area contributed by atoms with Gasteiger partial charge in [-0.25, -0.2) is 0 Å². The average Bonchev–Trinajstić information content (AvgIpc) is 2.41. The van der Waals surface area contributed by atoms with Crippen LogP contribution in [0, 0.1) is 11.8 Å². The summed E-state index contributed by atoms with van der Waals surface area (Å²) in [7, 11) is 0. The Hall–Kier alpha value is -0.900. The molecule has 1 saturated carbocycles. The molecule has 2 aliphatic rings. The molecule has 1 saturated heterocycles. The van der Waals surface area contributed by atoms with E-state index < -0.39 is 0 Å². The number of amides is 1. The lowest BCUT2D eigenvalue weighted by atomic mass is 9.87. The second-order valence-electron chi connectivity index (χ2n) is 6.30. The van der Waals surface area contributed by atoms with Crippen LogP contribution in [0.3, 0.4) is 0 Å². The van der Waals surface area contributed by atoms with E-state index in [1.807, 2.05) is 0 Å². The Kier molecular flexibility index (Phi) is 5.37. The lowest BCUT2D eigenvalue weighted by Gasteiger charge is -2.31. The molecule has 1 unspecified atom stereocenters. The van der Waals surface area contributed by atoms with Crippen LogP contribution in [-0.4, -0.2) is 42.8 Å². The summed E-state index contributed by atoms with van der Waals surface area (Å²) >= 11 is 0. The predicted octanol–water partition coefficient (Wildman–Crippen LogP) is 1.59.